The first-order chi connectivity index (χ1) is 9.60. The van der Waals surface area contributed by atoms with Crippen molar-refractivity contribution in [1.82, 2.24) is 0 Å². The zero-order chi connectivity index (χ0) is 14.5. The second-order valence-electron chi connectivity index (χ2n) is 4.11. The Kier molecular flexibility index (Phi) is 4.99. The third kappa shape index (κ3) is 3.71. The minimum atomic E-state index is -0.204. The van der Waals surface area contributed by atoms with Gasteiger partial charge in [0, 0.05) is 14.3 Å². The van der Waals surface area contributed by atoms with Crippen molar-refractivity contribution in [2.75, 3.05) is 5.32 Å². The number of amides is 1. The summed E-state index contributed by atoms with van der Waals surface area (Å²) in [5.41, 5.74) is 2.15. The van der Waals surface area contributed by atoms with Crippen LogP contribution in [0.4, 0.5) is 5.69 Å². The molecule has 0 atom stereocenters. The molecule has 0 fully saturated rings. The van der Waals surface area contributed by atoms with Gasteiger partial charge in [-0.25, -0.2) is 0 Å². The first kappa shape index (κ1) is 14.8. The molecule has 20 heavy (non-hydrogen) atoms. The van der Waals surface area contributed by atoms with Crippen molar-refractivity contribution in [3.8, 4) is 6.07 Å². The molecule has 0 bridgehead atoms. The third-order valence-electron chi connectivity index (χ3n) is 2.67. The molecule has 1 N–H and O–H groups in total. The van der Waals surface area contributed by atoms with E-state index in [2.05, 4.69) is 34.0 Å². The molecule has 0 aliphatic carbocycles. The van der Waals surface area contributed by atoms with E-state index in [0.717, 1.165) is 9.13 Å². The van der Waals surface area contributed by atoms with Crippen LogP contribution in [-0.2, 0) is 6.42 Å². The molecular weight excluding hydrogens is 387 g/mol. The normalized spacial score (nSPS) is 9.85. The monoisotopic (exact) mass is 396 g/mol. The molecule has 0 radical (unpaired) electrons. The Labute approximate surface area is 135 Å². The van der Waals surface area contributed by atoms with Crippen LogP contribution in [0.1, 0.15) is 15.9 Å². The van der Waals surface area contributed by atoms with Gasteiger partial charge < -0.3 is 5.32 Å². The predicted octanol–water partition coefficient (Wildman–Crippen LogP) is 4.26. The van der Waals surface area contributed by atoms with Gasteiger partial charge in [0.15, 0.2) is 0 Å². The number of nitriles is 1. The number of hydrogen-bond acceptors (Lipinski definition) is 2. The highest BCUT2D eigenvalue weighted by Crippen LogP contribution is 2.19. The summed E-state index contributed by atoms with van der Waals surface area (Å²) in [6.07, 6.45) is 0.362. The van der Waals surface area contributed by atoms with Crippen molar-refractivity contribution >= 4 is 45.8 Å². The molecule has 0 saturated carbocycles. The molecule has 0 unspecified atom stereocenters. The Balaban J connectivity index is 2.15. The largest absolute Gasteiger partial charge is 0.322 e. The number of anilines is 1. The molecule has 0 spiro atoms. The van der Waals surface area contributed by atoms with Gasteiger partial charge in [0.05, 0.1) is 18.1 Å². The summed E-state index contributed by atoms with van der Waals surface area (Å²) >= 11 is 8.00. The molecule has 0 aliphatic heterocycles. The predicted molar refractivity (Wildman–Crippen MR) is 87.9 cm³/mol. The molecule has 100 valence electrons. The van der Waals surface area contributed by atoms with Crippen LogP contribution in [-0.4, -0.2) is 5.91 Å². The lowest BCUT2D eigenvalue weighted by Crippen LogP contribution is -2.13. The molecule has 2 aromatic carbocycles. The summed E-state index contributed by atoms with van der Waals surface area (Å²) in [4.78, 5) is 12.2. The second-order valence-corrected chi connectivity index (χ2v) is 5.71. The van der Waals surface area contributed by atoms with E-state index in [4.69, 9.17) is 16.9 Å². The van der Waals surface area contributed by atoms with Crippen LogP contribution in [0.2, 0.25) is 5.02 Å². The number of carbonyl (C=O) groups excluding carboxylic acids is 1. The van der Waals surface area contributed by atoms with Crippen LogP contribution >= 0.6 is 34.2 Å². The average Bonchev–Trinajstić information content (AvgIpc) is 2.44. The van der Waals surface area contributed by atoms with Gasteiger partial charge in [-0.2, -0.15) is 5.26 Å². The smallest absolute Gasteiger partial charge is 0.256 e. The summed E-state index contributed by atoms with van der Waals surface area (Å²) in [5, 5.41) is 11.9. The van der Waals surface area contributed by atoms with E-state index in [1.807, 2.05) is 12.1 Å². The molecule has 0 saturated heterocycles. The Morgan fingerprint density at radius 1 is 1.25 bits per heavy atom. The molecule has 0 aromatic heterocycles. The lowest BCUT2D eigenvalue weighted by Gasteiger charge is -2.08. The van der Waals surface area contributed by atoms with E-state index in [9.17, 15) is 4.79 Å². The minimum Gasteiger partial charge on any atom is -0.322 e. The fourth-order valence-electron chi connectivity index (χ4n) is 1.67. The highest BCUT2D eigenvalue weighted by atomic mass is 127. The van der Waals surface area contributed by atoms with E-state index in [-0.39, 0.29) is 5.91 Å². The van der Waals surface area contributed by atoms with Gasteiger partial charge in [-0.05, 0) is 58.5 Å². The van der Waals surface area contributed by atoms with Gasteiger partial charge in [0.25, 0.3) is 5.91 Å². The highest BCUT2D eigenvalue weighted by molar-refractivity contribution is 14.1. The Bertz CT molecular complexity index is 677. The maximum atomic E-state index is 12.2. The van der Waals surface area contributed by atoms with E-state index in [1.54, 1.807) is 30.3 Å². The van der Waals surface area contributed by atoms with Gasteiger partial charge in [-0.1, -0.05) is 23.7 Å². The molecule has 2 rings (SSSR count). The maximum absolute atomic E-state index is 12.2. The number of benzene rings is 2. The fourth-order valence-corrected chi connectivity index (χ4v) is 2.42. The number of nitrogens with one attached hydrogen (secondary N) is 1. The van der Waals surface area contributed by atoms with Crippen molar-refractivity contribution < 1.29 is 4.79 Å². The first-order valence-electron chi connectivity index (χ1n) is 5.82. The zero-order valence-corrected chi connectivity index (χ0v) is 13.3. The quantitative estimate of drug-likeness (QED) is 0.788. The molecule has 1 amide bonds. The van der Waals surface area contributed by atoms with Crippen LogP contribution in [0.5, 0.6) is 0 Å². The van der Waals surface area contributed by atoms with E-state index in [0.29, 0.717) is 22.7 Å². The lowest BCUT2D eigenvalue weighted by molar-refractivity contribution is 0.102. The Morgan fingerprint density at radius 2 is 1.95 bits per heavy atom. The van der Waals surface area contributed by atoms with Crippen LogP contribution in [0.15, 0.2) is 42.5 Å². The topological polar surface area (TPSA) is 52.9 Å². The number of rotatable bonds is 3. The van der Waals surface area contributed by atoms with Crippen LogP contribution in [0, 0.1) is 14.9 Å². The summed E-state index contributed by atoms with van der Waals surface area (Å²) in [6.45, 7) is 0. The van der Waals surface area contributed by atoms with E-state index < -0.39 is 0 Å². The van der Waals surface area contributed by atoms with Crippen molar-refractivity contribution in [3.63, 3.8) is 0 Å². The summed E-state index contributed by atoms with van der Waals surface area (Å²) < 4.78 is 0.839. The molecule has 3 nitrogen and oxygen atoms in total. The Hall–Kier alpha value is -1.58. The van der Waals surface area contributed by atoms with Crippen molar-refractivity contribution in [1.29, 1.82) is 5.26 Å². The van der Waals surface area contributed by atoms with E-state index >= 15 is 0 Å². The molecule has 5 heteroatoms. The van der Waals surface area contributed by atoms with Crippen molar-refractivity contribution in [2.24, 2.45) is 0 Å². The average molecular weight is 397 g/mol. The van der Waals surface area contributed by atoms with Gasteiger partial charge in [0.1, 0.15) is 0 Å². The fraction of sp³-hybridized carbons (Fsp3) is 0.0667. The van der Waals surface area contributed by atoms with Crippen LogP contribution in [0.25, 0.3) is 0 Å². The number of halogens is 2. The van der Waals surface area contributed by atoms with Gasteiger partial charge >= 0.3 is 0 Å². The van der Waals surface area contributed by atoms with Crippen molar-refractivity contribution in [3.05, 3.63) is 62.2 Å². The van der Waals surface area contributed by atoms with Crippen molar-refractivity contribution in [2.45, 2.75) is 6.42 Å². The van der Waals surface area contributed by atoms with Crippen LogP contribution < -0.4 is 5.32 Å². The third-order valence-corrected chi connectivity index (χ3v) is 3.84. The standard InChI is InChI=1S/C15H10ClIN2O/c16-11-3-6-14(17)13(9-11)15(20)19-12-4-1-10(2-5-12)7-8-18/h1-6,9H,7H2,(H,19,20). The number of carbonyl (C=O) groups is 1. The maximum Gasteiger partial charge on any atom is 0.256 e. The first-order valence-corrected chi connectivity index (χ1v) is 7.28. The summed E-state index contributed by atoms with van der Waals surface area (Å²) in [5.74, 6) is -0.204. The van der Waals surface area contributed by atoms with E-state index in [1.165, 1.54) is 0 Å². The summed E-state index contributed by atoms with van der Waals surface area (Å²) in [6, 6.07) is 14.5. The second kappa shape index (κ2) is 6.73. The zero-order valence-electron chi connectivity index (χ0n) is 10.4. The van der Waals surface area contributed by atoms with Gasteiger partial charge in [-0.3, -0.25) is 4.79 Å². The van der Waals surface area contributed by atoms with Crippen LogP contribution in [0.3, 0.4) is 0 Å². The molecule has 0 aliphatic rings. The summed E-state index contributed by atoms with van der Waals surface area (Å²) in [7, 11) is 0. The lowest BCUT2D eigenvalue weighted by atomic mass is 10.1. The molecular formula is C15H10ClIN2O. The number of hydrogen-bond donors (Lipinski definition) is 1. The molecule has 0 heterocycles. The highest BCUT2D eigenvalue weighted by Gasteiger charge is 2.10. The minimum absolute atomic E-state index is 0.204. The van der Waals surface area contributed by atoms with Gasteiger partial charge in [-0.15, -0.1) is 0 Å². The number of nitrogens with zero attached hydrogens (tertiary/aromatic N) is 1. The molecule has 2 aromatic rings. The van der Waals surface area contributed by atoms with Gasteiger partial charge in [0.2, 0.25) is 0 Å². The Morgan fingerprint density at radius 3 is 2.60 bits per heavy atom. The SMILES string of the molecule is N#CCc1ccc(NC(=O)c2cc(Cl)ccc2I)cc1.